The highest BCUT2D eigenvalue weighted by atomic mass is 16.5. The SMILES string of the molecule is COc1ccc(C(=O)Oc2ccc3cc(C(=O)OCCc4ccc(OC(=O)c5ccc(O)cc5)cc4)ccc3c2)cc1. The third-order valence-corrected chi connectivity index (χ3v) is 6.44. The lowest BCUT2D eigenvalue weighted by molar-refractivity contribution is 0.0508. The first-order valence-corrected chi connectivity index (χ1v) is 13.1. The van der Waals surface area contributed by atoms with Gasteiger partial charge in [-0.05, 0) is 101 Å². The summed E-state index contributed by atoms with van der Waals surface area (Å²) in [6.07, 6.45) is 0.481. The number of aromatic hydroxyl groups is 1. The molecule has 0 aliphatic heterocycles. The van der Waals surface area contributed by atoms with Gasteiger partial charge < -0.3 is 24.1 Å². The second kappa shape index (κ2) is 12.7. The number of methoxy groups -OCH3 is 1. The van der Waals surface area contributed by atoms with E-state index in [0.717, 1.165) is 16.3 Å². The molecule has 0 aliphatic rings. The third-order valence-electron chi connectivity index (χ3n) is 6.44. The lowest BCUT2D eigenvalue weighted by atomic mass is 10.1. The van der Waals surface area contributed by atoms with E-state index in [0.29, 0.717) is 40.4 Å². The Hall–Kier alpha value is -5.63. The lowest BCUT2D eigenvalue weighted by Crippen LogP contribution is -2.09. The van der Waals surface area contributed by atoms with E-state index in [1.54, 1.807) is 92.0 Å². The van der Waals surface area contributed by atoms with Gasteiger partial charge >= 0.3 is 17.9 Å². The predicted molar refractivity (Wildman–Crippen MR) is 155 cm³/mol. The summed E-state index contributed by atoms with van der Waals surface area (Å²) >= 11 is 0. The first-order valence-electron chi connectivity index (χ1n) is 13.1. The van der Waals surface area contributed by atoms with Crippen LogP contribution >= 0.6 is 0 Å². The van der Waals surface area contributed by atoms with Gasteiger partial charge in [0.05, 0.1) is 30.4 Å². The molecular formula is C34H26O8. The van der Waals surface area contributed by atoms with Crippen molar-refractivity contribution in [1.29, 1.82) is 0 Å². The maximum absolute atomic E-state index is 12.7. The Kier molecular flexibility index (Phi) is 8.44. The maximum atomic E-state index is 12.7. The van der Waals surface area contributed by atoms with Crippen LogP contribution in [0.1, 0.15) is 36.6 Å². The Morgan fingerprint density at radius 1 is 0.571 bits per heavy atom. The summed E-state index contributed by atoms with van der Waals surface area (Å²) in [5.74, 6) is 0.0140. The van der Waals surface area contributed by atoms with Crippen LogP contribution in [0.25, 0.3) is 10.8 Å². The zero-order valence-electron chi connectivity index (χ0n) is 22.6. The third kappa shape index (κ3) is 6.92. The average Bonchev–Trinajstić information content (AvgIpc) is 3.02. The molecule has 0 aliphatic carbocycles. The number of phenols is 1. The fourth-order valence-corrected chi connectivity index (χ4v) is 4.14. The number of esters is 3. The fourth-order valence-electron chi connectivity index (χ4n) is 4.14. The van der Waals surface area contributed by atoms with Crippen LogP contribution in [0.4, 0.5) is 0 Å². The second-order valence-corrected chi connectivity index (χ2v) is 9.31. The first kappa shape index (κ1) is 27.9. The number of hydrogen-bond donors (Lipinski definition) is 1. The molecule has 0 unspecified atom stereocenters. The highest BCUT2D eigenvalue weighted by molar-refractivity contribution is 5.96. The van der Waals surface area contributed by atoms with Crippen LogP contribution in [-0.4, -0.2) is 36.7 Å². The molecule has 0 saturated carbocycles. The minimum atomic E-state index is -0.530. The van der Waals surface area contributed by atoms with E-state index in [1.165, 1.54) is 24.3 Å². The molecule has 0 amide bonds. The summed E-state index contributed by atoms with van der Waals surface area (Å²) in [5.41, 5.74) is 2.04. The number of carbonyl (C=O) groups is 3. The van der Waals surface area contributed by atoms with Gasteiger partial charge in [-0.3, -0.25) is 0 Å². The zero-order valence-corrected chi connectivity index (χ0v) is 22.6. The topological polar surface area (TPSA) is 108 Å². The number of fused-ring (bicyclic) bond motifs is 1. The summed E-state index contributed by atoms with van der Waals surface area (Å²) in [7, 11) is 1.55. The molecule has 0 radical (unpaired) electrons. The molecule has 0 saturated heterocycles. The minimum Gasteiger partial charge on any atom is -0.508 e. The van der Waals surface area contributed by atoms with Crippen molar-refractivity contribution < 1.29 is 38.4 Å². The van der Waals surface area contributed by atoms with Gasteiger partial charge in [-0.1, -0.05) is 24.3 Å². The van der Waals surface area contributed by atoms with Gasteiger partial charge in [-0.25, -0.2) is 14.4 Å². The van der Waals surface area contributed by atoms with Gasteiger partial charge in [0.2, 0.25) is 0 Å². The molecule has 5 rings (SSSR count). The molecule has 210 valence electrons. The largest absolute Gasteiger partial charge is 0.508 e. The van der Waals surface area contributed by atoms with E-state index in [4.69, 9.17) is 18.9 Å². The van der Waals surface area contributed by atoms with Crippen LogP contribution in [0, 0.1) is 0 Å². The van der Waals surface area contributed by atoms with Gasteiger partial charge in [0.25, 0.3) is 0 Å². The van der Waals surface area contributed by atoms with Crippen molar-refractivity contribution >= 4 is 28.7 Å². The van der Waals surface area contributed by atoms with Crippen molar-refractivity contribution in [3.05, 3.63) is 131 Å². The fraction of sp³-hybridized carbons (Fsp3) is 0.0882. The first-order chi connectivity index (χ1) is 20.4. The monoisotopic (exact) mass is 562 g/mol. The van der Waals surface area contributed by atoms with Crippen LogP contribution in [0.15, 0.2) is 109 Å². The van der Waals surface area contributed by atoms with E-state index >= 15 is 0 Å². The quantitative estimate of drug-likeness (QED) is 0.163. The van der Waals surface area contributed by atoms with Crippen molar-refractivity contribution in [1.82, 2.24) is 0 Å². The van der Waals surface area contributed by atoms with E-state index < -0.39 is 17.9 Å². The summed E-state index contributed by atoms with van der Waals surface area (Å²) in [5, 5.41) is 10.9. The molecular weight excluding hydrogens is 536 g/mol. The van der Waals surface area contributed by atoms with Crippen LogP contribution in [0.5, 0.6) is 23.0 Å². The molecule has 5 aromatic carbocycles. The standard InChI is InChI=1S/C34H26O8/c1-39-29-15-8-24(9-16-29)34(38)42-31-17-10-25-20-27(5-4-26(25)21-31)32(36)40-19-18-22-2-13-30(14-3-22)41-33(37)23-6-11-28(35)12-7-23/h2-17,20-21,35H,18-19H2,1H3. The molecule has 5 aromatic rings. The number of rotatable bonds is 9. The second-order valence-electron chi connectivity index (χ2n) is 9.31. The van der Waals surface area contributed by atoms with Crippen molar-refractivity contribution in [2.24, 2.45) is 0 Å². The normalized spacial score (nSPS) is 10.6. The van der Waals surface area contributed by atoms with Gasteiger partial charge in [0.1, 0.15) is 23.0 Å². The van der Waals surface area contributed by atoms with E-state index in [-0.39, 0.29) is 12.4 Å². The Bertz CT molecular complexity index is 1720. The molecule has 1 N–H and O–H groups in total. The molecule has 8 nitrogen and oxygen atoms in total. The number of hydrogen-bond acceptors (Lipinski definition) is 8. The van der Waals surface area contributed by atoms with E-state index in [9.17, 15) is 19.5 Å². The molecule has 8 heteroatoms. The summed E-state index contributed by atoms with van der Waals surface area (Å²) in [6.45, 7) is 0.170. The summed E-state index contributed by atoms with van der Waals surface area (Å²) in [6, 6.07) is 29.7. The van der Waals surface area contributed by atoms with Crippen molar-refractivity contribution in [2.75, 3.05) is 13.7 Å². The van der Waals surface area contributed by atoms with Gasteiger partial charge in [0.15, 0.2) is 0 Å². The molecule has 0 atom stereocenters. The van der Waals surface area contributed by atoms with Gasteiger partial charge in [0, 0.05) is 6.42 Å². The number of benzene rings is 5. The van der Waals surface area contributed by atoms with Crippen LogP contribution < -0.4 is 14.2 Å². The molecule has 0 fully saturated rings. The van der Waals surface area contributed by atoms with Gasteiger partial charge in [-0.2, -0.15) is 0 Å². The highest BCUT2D eigenvalue weighted by Crippen LogP contribution is 2.24. The van der Waals surface area contributed by atoms with Crippen molar-refractivity contribution in [2.45, 2.75) is 6.42 Å². The molecule has 0 aromatic heterocycles. The molecule has 42 heavy (non-hydrogen) atoms. The van der Waals surface area contributed by atoms with E-state index in [1.807, 2.05) is 0 Å². The molecule has 0 spiro atoms. The zero-order chi connectivity index (χ0) is 29.5. The average molecular weight is 563 g/mol. The minimum absolute atomic E-state index is 0.0668. The summed E-state index contributed by atoms with van der Waals surface area (Å²) < 4.78 is 21.4. The van der Waals surface area contributed by atoms with E-state index in [2.05, 4.69) is 0 Å². The Labute approximate surface area is 241 Å². The maximum Gasteiger partial charge on any atom is 0.343 e. The lowest BCUT2D eigenvalue weighted by Gasteiger charge is -2.09. The van der Waals surface area contributed by atoms with Gasteiger partial charge in [-0.15, -0.1) is 0 Å². The van der Waals surface area contributed by atoms with Crippen LogP contribution in [0.3, 0.4) is 0 Å². The Morgan fingerprint density at radius 3 is 1.76 bits per heavy atom. The molecule has 0 bridgehead atoms. The number of carbonyl (C=O) groups excluding carboxylic acids is 3. The van der Waals surface area contributed by atoms with Crippen LogP contribution in [-0.2, 0) is 11.2 Å². The summed E-state index contributed by atoms with van der Waals surface area (Å²) in [4.78, 5) is 37.3. The number of phenolic OH excluding ortho intramolecular Hbond substituents is 1. The predicted octanol–water partition coefficient (Wildman–Crippen LogP) is 6.39. The van der Waals surface area contributed by atoms with Crippen molar-refractivity contribution in [3.63, 3.8) is 0 Å². The molecule has 0 heterocycles. The number of ether oxygens (including phenoxy) is 4. The smallest absolute Gasteiger partial charge is 0.343 e. The van der Waals surface area contributed by atoms with Crippen molar-refractivity contribution in [3.8, 4) is 23.0 Å². The Morgan fingerprint density at radius 2 is 1.10 bits per heavy atom. The highest BCUT2D eigenvalue weighted by Gasteiger charge is 2.12. The Balaban J connectivity index is 1.12. The van der Waals surface area contributed by atoms with Crippen LogP contribution in [0.2, 0.25) is 0 Å².